The maximum Gasteiger partial charge on any atom is 0.0967 e. The molecule has 0 aliphatic heterocycles. The predicted octanol–water partition coefficient (Wildman–Crippen LogP) is 3.16. The predicted molar refractivity (Wildman–Crippen MR) is 93.9 cm³/mol. The summed E-state index contributed by atoms with van der Waals surface area (Å²) in [5.74, 6) is 0. The smallest absolute Gasteiger partial charge is 0.0967 e. The Balaban J connectivity index is 2.22. The number of hydrogen-bond acceptors (Lipinski definition) is 3. The number of aliphatic hydroxyl groups is 2. The molecule has 0 heterocycles. The number of nitrogens with zero attached hydrogens (tertiary/aromatic N) is 1. The Morgan fingerprint density at radius 2 is 1.61 bits per heavy atom. The summed E-state index contributed by atoms with van der Waals surface area (Å²) in [5.41, 5.74) is 2.96. The highest BCUT2D eigenvalue weighted by Gasteiger charge is 2.26. The van der Waals surface area contributed by atoms with E-state index in [9.17, 15) is 10.2 Å². The molecule has 3 nitrogen and oxygen atoms in total. The van der Waals surface area contributed by atoms with E-state index < -0.39 is 6.10 Å². The van der Waals surface area contributed by atoms with Crippen LogP contribution in [0.5, 0.6) is 0 Å². The highest BCUT2D eigenvalue weighted by molar-refractivity contribution is 5.20. The molecule has 2 aromatic rings. The van der Waals surface area contributed by atoms with Crippen molar-refractivity contribution in [3.05, 3.63) is 83.9 Å². The van der Waals surface area contributed by atoms with Crippen LogP contribution in [0.3, 0.4) is 0 Å². The molecule has 0 amide bonds. The Kier molecular flexibility index (Phi) is 6.53. The van der Waals surface area contributed by atoms with Gasteiger partial charge in [0, 0.05) is 13.1 Å². The molecule has 3 heteroatoms. The lowest BCUT2D eigenvalue weighted by molar-refractivity contribution is 0.0149. The minimum Gasteiger partial charge on any atom is -0.395 e. The third-order valence-corrected chi connectivity index (χ3v) is 3.86. The van der Waals surface area contributed by atoms with Crippen molar-refractivity contribution in [3.8, 4) is 0 Å². The SMILES string of the molecule is C=C(C)CN(Cc1ccccc1)[C@@H](CO)[C@@H](O)c1ccccc1. The molecule has 0 bridgehead atoms. The molecule has 0 aliphatic carbocycles. The molecular formula is C20H25NO2. The summed E-state index contributed by atoms with van der Waals surface area (Å²) in [6.45, 7) is 7.11. The Labute approximate surface area is 138 Å². The zero-order valence-electron chi connectivity index (χ0n) is 13.6. The van der Waals surface area contributed by atoms with Gasteiger partial charge in [0.1, 0.15) is 0 Å². The third-order valence-electron chi connectivity index (χ3n) is 3.86. The molecule has 0 fully saturated rings. The molecule has 0 saturated heterocycles. The van der Waals surface area contributed by atoms with E-state index >= 15 is 0 Å². The summed E-state index contributed by atoms with van der Waals surface area (Å²) in [6, 6.07) is 19.2. The van der Waals surface area contributed by atoms with E-state index in [1.807, 2.05) is 55.5 Å². The first-order chi connectivity index (χ1) is 11.1. The highest BCUT2D eigenvalue weighted by atomic mass is 16.3. The minimum absolute atomic E-state index is 0.115. The van der Waals surface area contributed by atoms with Crippen molar-refractivity contribution in [1.29, 1.82) is 0 Å². The van der Waals surface area contributed by atoms with Crippen LogP contribution >= 0.6 is 0 Å². The fraction of sp³-hybridized carbons (Fsp3) is 0.300. The molecule has 0 aliphatic rings. The number of rotatable bonds is 8. The van der Waals surface area contributed by atoms with Crippen LogP contribution in [0.15, 0.2) is 72.8 Å². The molecule has 2 aromatic carbocycles. The summed E-state index contributed by atoms with van der Waals surface area (Å²) < 4.78 is 0. The Morgan fingerprint density at radius 1 is 1.04 bits per heavy atom. The van der Waals surface area contributed by atoms with E-state index in [1.165, 1.54) is 0 Å². The lowest BCUT2D eigenvalue weighted by Gasteiger charge is -2.34. The van der Waals surface area contributed by atoms with Crippen LogP contribution in [-0.2, 0) is 6.54 Å². The molecule has 122 valence electrons. The third kappa shape index (κ3) is 5.03. The first-order valence-corrected chi connectivity index (χ1v) is 7.88. The fourth-order valence-corrected chi connectivity index (χ4v) is 2.74. The van der Waals surface area contributed by atoms with Crippen LogP contribution < -0.4 is 0 Å². The number of aliphatic hydroxyl groups excluding tert-OH is 2. The molecule has 23 heavy (non-hydrogen) atoms. The maximum atomic E-state index is 10.7. The molecule has 0 aromatic heterocycles. The topological polar surface area (TPSA) is 43.7 Å². The summed E-state index contributed by atoms with van der Waals surface area (Å²) in [7, 11) is 0. The normalized spacial score (nSPS) is 13.7. The van der Waals surface area contributed by atoms with E-state index in [2.05, 4.69) is 23.6 Å². The van der Waals surface area contributed by atoms with E-state index in [0.717, 1.165) is 16.7 Å². The van der Waals surface area contributed by atoms with Crippen LogP contribution in [0.2, 0.25) is 0 Å². The van der Waals surface area contributed by atoms with Gasteiger partial charge in [-0.15, -0.1) is 0 Å². The molecule has 2 N–H and O–H groups in total. The zero-order valence-corrected chi connectivity index (χ0v) is 13.6. The van der Waals surface area contributed by atoms with Gasteiger partial charge in [-0.1, -0.05) is 72.8 Å². The Hall–Kier alpha value is -1.94. The molecule has 0 unspecified atom stereocenters. The number of benzene rings is 2. The van der Waals surface area contributed by atoms with E-state index in [-0.39, 0.29) is 12.6 Å². The van der Waals surface area contributed by atoms with E-state index in [1.54, 1.807) is 0 Å². The molecule has 0 saturated carbocycles. The van der Waals surface area contributed by atoms with Gasteiger partial charge in [0.2, 0.25) is 0 Å². The molecular weight excluding hydrogens is 286 g/mol. The zero-order chi connectivity index (χ0) is 16.7. The first-order valence-electron chi connectivity index (χ1n) is 7.88. The monoisotopic (exact) mass is 311 g/mol. The van der Waals surface area contributed by atoms with Crippen LogP contribution in [0.4, 0.5) is 0 Å². The molecule has 2 atom stereocenters. The van der Waals surface area contributed by atoms with Crippen molar-refractivity contribution in [2.75, 3.05) is 13.2 Å². The van der Waals surface area contributed by atoms with Gasteiger partial charge >= 0.3 is 0 Å². The number of hydrogen-bond donors (Lipinski definition) is 2. The van der Waals surface area contributed by atoms with Gasteiger partial charge in [0.25, 0.3) is 0 Å². The first kappa shape index (κ1) is 17.4. The van der Waals surface area contributed by atoms with Crippen LogP contribution in [0.25, 0.3) is 0 Å². The highest BCUT2D eigenvalue weighted by Crippen LogP contribution is 2.23. The molecule has 0 spiro atoms. The lowest BCUT2D eigenvalue weighted by Crippen LogP contribution is -2.42. The van der Waals surface area contributed by atoms with Crippen LogP contribution in [0, 0.1) is 0 Å². The average molecular weight is 311 g/mol. The Bertz CT molecular complexity index is 598. The quantitative estimate of drug-likeness (QED) is 0.736. The van der Waals surface area contributed by atoms with Gasteiger partial charge in [-0.05, 0) is 18.1 Å². The molecule has 2 rings (SSSR count). The second kappa shape index (κ2) is 8.63. The van der Waals surface area contributed by atoms with Crippen LogP contribution in [0.1, 0.15) is 24.2 Å². The summed E-state index contributed by atoms with van der Waals surface area (Å²) in [5, 5.41) is 20.6. The van der Waals surface area contributed by atoms with Gasteiger partial charge < -0.3 is 10.2 Å². The fourth-order valence-electron chi connectivity index (χ4n) is 2.74. The molecule has 0 radical (unpaired) electrons. The van der Waals surface area contributed by atoms with Gasteiger partial charge in [-0.3, -0.25) is 4.90 Å². The lowest BCUT2D eigenvalue weighted by atomic mass is 10.00. The standard InChI is InChI=1S/C20H25NO2/c1-16(2)13-21(14-17-9-5-3-6-10-17)19(15-22)20(23)18-11-7-4-8-12-18/h3-12,19-20,22-23H,1,13-15H2,2H3/t19-,20-/m0/s1. The Morgan fingerprint density at radius 3 is 2.13 bits per heavy atom. The van der Waals surface area contributed by atoms with Gasteiger partial charge in [-0.2, -0.15) is 0 Å². The van der Waals surface area contributed by atoms with Crippen molar-refractivity contribution in [2.45, 2.75) is 25.6 Å². The van der Waals surface area contributed by atoms with Crippen molar-refractivity contribution in [3.63, 3.8) is 0 Å². The van der Waals surface area contributed by atoms with Gasteiger partial charge in [0.15, 0.2) is 0 Å². The maximum absolute atomic E-state index is 10.7. The van der Waals surface area contributed by atoms with Crippen molar-refractivity contribution in [2.24, 2.45) is 0 Å². The van der Waals surface area contributed by atoms with Gasteiger partial charge in [-0.25, -0.2) is 0 Å². The van der Waals surface area contributed by atoms with Crippen molar-refractivity contribution in [1.82, 2.24) is 4.90 Å². The van der Waals surface area contributed by atoms with Gasteiger partial charge in [0.05, 0.1) is 18.8 Å². The van der Waals surface area contributed by atoms with Crippen molar-refractivity contribution < 1.29 is 10.2 Å². The largest absolute Gasteiger partial charge is 0.395 e. The van der Waals surface area contributed by atoms with Crippen LogP contribution in [-0.4, -0.2) is 34.3 Å². The summed E-state index contributed by atoms with van der Waals surface area (Å²) in [4.78, 5) is 2.08. The summed E-state index contributed by atoms with van der Waals surface area (Å²) in [6.07, 6.45) is -0.746. The second-order valence-electron chi connectivity index (χ2n) is 5.95. The van der Waals surface area contributed by atoms with E-state index in [4.69, 9.17) is 0 Å². The minimum atomic E-state index is -0.746. The second-order valence-corrected chi connectivity index (χ2v) is 5.95. The van der Waals surface area contributed by atoms with E-state index in [0.29, 0.717) is 13.1 Å². The summed E-state index contributed by atoms with van der Waals surface area (Å²) >= 11 is 0. The average Bonchev–Trinajstić information content (AvgIpc) is 2.56. The van der Waals surface area contributed by atoms with Crippen molar-refractivity contribution >= 4 is 0 Å².